The van der Waals surface area contributed by atoms with E-state index in [1.54, 1.807) is 6.07 Å². The van der Waals surface area contributed by atoms with Crippen LogP contribution in [0.5, 0.6) is 0 Å². The number of rotatable bonds is 2. The lowest BCUT2D eigenvalue weighted by atomic mass is 10.1. The highest BCUT2D eigenvalue weighted by atomic mass is 16.5. The molecule has 0 saturated heterocycles. The molecule has 0 spiro atoms. The van der Waals surface area contributed by atoms with Crippen molar-refractivity contribution in [3.05, 3.63) is 35.4 Å². The zero-order valence-corrected chi connectivity index (χ0v) is 9.47. The maximum absolute atomic E-state index is 8.81. The van der Waals surface area contributed by atoms with Crippen LogP contribution in [0.2, 0.25) is 0 Å². The Morgan fingerprint density at radius 3 is 2.94 bits per heavy atom. The molecule has 0 saturated carbocycles. The molecule has 1 heterocycles. The fourth-order valence-electron chi connectivity index (χ4n) is 1.61. The van der Waals surface area contributed by atoms with E-state index in [4.69, 9.17) is 10.00 Å². The minimum absolute atomic E-state index is 0.237. The van der Waals surface area contributed by atoms with Crippen molar-refractivity contribution in [2.75, 3.05) is 6.61 Å². The van der Waals surface area contributed by atoms with Crippen LogP contribution in [-0.4, -0.2) is 18.5 Å². The summed E-state index contributed by atoms with van der Waals surface area (Å²) in [5, 5.41) is 8.81. The van der Waals surface area contributed by atoms with Gasteiger partial charge in [-0.25, -0.2) is 4.99 Å². The van der Waals surface area contributed by atoms with E-state index in [9.17, 15) is 0 Å². The van der Waals surface area contributed by atoms with Crippen LogP contribution in [0.25, 0.3) is 0 Å². The molecule has 3 heteroatoms. The minimum Gasteiger partial charge on any atom is -0.475 e. The van der Waals surface area contributed by atoms with E-state index in [1.165, 1.54) is 0 Å². The van der Waals surface area contributed by atoms with Crippen molar-refractivity contribution in [1.82, 2.24) is 0 Å². The maximum Gasteiger partial charge on any atom is 0.216 e. The van der Waals surface area contributed by atoms with Crippen molar-refractivity contribution in [3.8, 4) is 6.07 Å². The molecule has 1 aliphatic rings. The molecule has 2 rings (SSSR count). The Morgan fingerprint density at radius 2 is 2.31 bits per heavy atom. The van der Waals surface area contributed by atoms with Crippen LogP contribution < -0.4 is 0 Å². The summed E-state index contributed by atoms with van der Waals surface area (Å²) in [4.78, 5) is 4.52. The van der Waals surface area contributed by atoms with Gasteiger partial charge in [-0.3, -0.25) is 0 Å². The lowest BCUT2D eigenvalue weighted by Gasteiger charge is -2.06. The molecule has 0 aliphatic carbocycles. The predicted molar refractivity (Wildman–Crippen MR) is 62.3 cm³/mol. The van der Waals surface area contributed by atoms with Gasteiger partial charge in [0.1, 0.15) is 6.61 Å². The van der Waals surface area contributed by atoms with E-state index in [0.29, 0.717) is 24.0 Å². The number of hydrogen-bond donors (Lipinski definition) is 0. The standard InChI is InChI=1S/C13H14N2O/c1-9(2)12-8-16-13(15-12)11-5-3-4-10(6-11)7-14/h3-6,9,12H,8H2,1-2H3. The molecule has 3 nitrogen and oxygen atoms in total. The first-order valence-electron chi connectivity index (χ1n) is 5.42. The Balaban J connectivity index is 2.26. The average Bonchev–Trinajstić information content (AvgIpc) is 2.78. The fourth-order valence-corrected chi connectivity index (χ4v) is 1.61. The van der Waals surface area contributed by atoms with Crippen LogP contribution in [0.15, 0.2) is 29.3 Å². The summed E-state index contributed by atoms with van der Waals surface area (Å²) in [6.07, 6.45) is 0. The summed E-state index contributed by atoms with van der Waals surface area (Å²) in [5.41, 5.74) is 1.53. The summed E-state index contributed by atoms with van der Waals surface area (Å²) in [6.45, 7) is 4.90. The van der Waals surface area contributed by atoms with Gasteiger partial charge in [-0.05, 0) is 24.1 Å². The molecule has 0 N–H and O–H groups in total. The van der Waals surface area contributed by atoms with Gasteiger partial charge >= 0.3 is 0 Å². The predicted octanol–water partition coefficient (Wildman–Crippen LogP) is 2.36. The molecule has 1 aliphatic heterocycles. The topological polar surface area (TPSA) is 45.4 Å². The number of hydrogen-bond acceptors (Lipinski definition) is 3. The van der Waals surface area contributed by atoms with Gasteiger partial charge in [0.15, 0.2) is 0 Å². The van der Waals surface area contributed by atoms with Crippen LogP contribution in [0, 0.1) is 17.2 Å². The molecule has 1 aromatic carbocycles. The molecule has 1 unspecified atom stereocenters. The average molecular weight is 214 g/mol. The largest absolute Gasteiger partial charge is 0.475 e. The van der Waals surface area contributed by atoms with E-state index in [0.717, 1.165) is 5.56 Å². The highest BCUT2D eigenvalue weighted by Crippen LogP contribution is 2.18. The lowest BCUT2D eigenvalue weighted by Crippen LogP contribution is -2.13. The third kappa shape index (κ3) is 2.06. The van der Waals surface area contributed by atoms with Gasteiger partial charge in [0.2, 0.25) is 5.90 Å². The number of nitriles is 1. The second-order valence-corrected chi connectivity index (χ2v) is 4.25. The highest BCUT2D eigenvalue weighted by molar-refractivity contribution is 5.95. The second-order valence-electron chi connectivity index (χ2n) is 4.25. The molecule has 0 aromatic heterocycles. The van der Waals surface area contributed by atoms with E-state index in [-0.39, 0.29) is 6.04 Å². The SMILES string of the molecule is CC(C)C1COC(c2cccc(C#N)c2)=N1. The van der Waals surface area contributed by atoms with Gasteiger partial charge < -0.3 is 4.74 Å². The summed E-state index contributed by atoms with van der Waals surface area (Å²) in [7, 11) is 0. The van der Waals surface area contributed by atoms with Crippen LogP contribution >= 0.6 is 0 Å². The van der Waals surface area contributed by atoms with Crippen molar-refractivity contribution in [2.24, 2.45) is 10.9 Å². The third-order valence-corrected chi connectivity index (χ3v) is 2.68. The van der Waals surface area contributed by atoms with Gasteiger partial charge in [0.05, 0.1) is 17.7 Å². The highest BCUT2D eigenvalue weighted by Gasteiger charge is 2.22. The quantitative estimate of drug-likeness (QED) is 0.758. The Kier molecular flexibility index (Phi) is 2.91. The van der Waals surface area contributed by atoms with Crippen molar-refractivity contribution in [3.63, 3.8) is 0 Å². The lowest BCUT2D eigenvalue weighted by molar-refractivity contribution is 0.292. The normalized spacial score (nSPS) is 19.1. The fraction of sp³-hybridized carbons (Fsp3) is 0.385. The van der Waals surface area contributed by atoms with Gasteiger partial charge in [0, 0.05) is 5.56 Å². The maximum atomic E-state index is 8.81. The van der Waals surface area contributed by atoms with E-state index in [1.807, 2.05) is 18.2 Å². The molecule has 1 atom stereocenters. The van der Waals surface area contributed by atoms with Crippen molar-refractivity contribution < 1.29 is 4.74 Å². The third-order valence-electron chi connectivity index (χ3n) is 2.68. The second kappa shape index (κ2) is 4.36. The molecule has 0 radical (unpaired) electrons. The Morgan fingerprint density at radius 1 is 1.50 bits per heavy atom. The number of benzene rings is 1. The Bertz CT molecular complexity index is 457. The van der Waals surface area contributed by atoms with Gasteiger partial charge in [-0.15, -0.1) is 0 Å². The molecular weight excluding hydrogens is 200 g/mol. The zero-order chi connectivity index (χ0) is 11.5. The molecule has 0 fully saturated rings. The molecular formula is C13H14N2O. The summed E-state index contributed by atoms with van der Waals surface area (Å²) in [5.74, 6) is 1.15. The molecule has 82 valence electrons. The van der Waals surface area contributed by atoms with Crippen molar-refractivity contribution in [1.29, 1.82) is 5.26 Å². The Labute approximate surface area is 95.4 Å². The first kappa shape index (κ1) is 10.7. The van der Waals surface area contributed by atoms with E-state index >= 15 is 0 Å². The summed E-state index contributed by atoms with van der Waals surface area (Å²) in [6, 6.07) is 9.70. The molecule has 0 bridgehead atoms. The van der Waals surface area contributed by atoms with E-state index in [2.05, 4.69) is 24.9 Å². The summed E-state index contributed by atoms with van der Waals surface area (Å²) >= 11 is 0. The monoisotopic (exact) mass is 214 g/mol. The number of ether oxygens (including phenoxy) is 1. The van der Waals surface area contributed by atoms with Gasteiger partial charge in [-0.1, -0.05) is 19.9 Å². The molecule has 16 heavy (non-hydrogen) atoms. The van der Waals surface area contributed by atoms with Crippen LogP contribution in [0.1, 0.15) is 25.0 Å². The van der Waals surface area contributed by atoms with Crippen LogP contribution in [0.4, 0.5) is 0 Å². The van der Waals surface area contributed by atoms with Gasteiger partial charge in [-0.2, -0.15) is 5.26 Å². The van der Waals surface area contributed by atoms with E-state index < -0.39 is 0 Å². The van der Waals surface area contributed by atoms with Crippen LogP contribution in [-0.2, 0) is 4.74 Å². The van der Waals surface area contributed by atoms with Crippen LogP contribution in [0.3, 0.4) is 0 Å². The minimum atomic E-state index is 0.237. The first-order chi connectivity index (χ1) is 7.70. The van der Waals surface area contributed by atoms with Crippen molar-refractivity contribution >= 4 is 5.90 Å². The Hall–Kier alpha value is -1.82. The summed E-state index contributed by atoms with van der Waals surface area (Å²) < 4.78 is 5.55. The molecule has 0 amide bonds. The molecule has 1 aromatic rings. The smallest absolute Gasteiger partial charge is 0.216 e. The van der Waals surface area contributed by atoms with Crippen molar-refractivity contribution in [2.45, 2.75) is 19.9 Å². The number of aliphatic imine (C=N–C) groups is 1. The zero-order valence-electron chi connectivity index (χ0n) is 9.47. The first-order valence-corrected chi connectivity index (χ1v) is 5.42. The number of nitrogens with zero attached hydrogens (tertiary/aromatic N) is 2. The van der Waals surface area contributed by atoms with Gasteiger partial charge in [0.25, 0.3) is 0 Å².